The number of carbonyl (C=O) groups is 2. The standard InChI is InChI=1S/C18H22N2O5/c1-6-25-18(22)16-10(2)15(11(3)19-16)17(21)20-13-8-7-12(23-4)9-14(13)24-5/h7-9,19H,6H2,1-5H3,(H,20,21). The van der Waals surface area contributed by atoms with Gasteiger partial charge >= 0.3 is 5.97 Å². The minimum Gasteiger partial charge on any atom is -0.497 e. The van der Waals surface area contributed by atoms with Gasteiger partial charge < -0.3 is 24.5 Å². The molecule has 2 aromatic rings. The normalized spacial score (nSPS) is 10.3. The van der Waals surface area contributed by atoms with Gasteiger partial charge in [0.1, 0.15) is 17.2 Å². The van der Waals surface area contributed by atoms with Gasteiger partial charge in [-0.15, -0.1) is 0 Å². The summed E-state index contributed by atoms with van der Waals surface area (Å²) in [4.78, 5) is 27.6. The van der Waals surface area contributed by atoms with Gasteiger partial charge in [0.15, 0.2) is 0 Å². The zero-order valence-corrected chi connectivity index (χ0v) is 15.0. The lowest BCUT2D eigenvalue weighted by Gasteiger charge is -2.12. The lowest BCUT2D eigenvalue weighted by molar-refractivity contribution is 0.0519. The molecule has 0 aliphatic rings. The Morgan fingerprint density at radius 3 is 2.48 bits per heavy atom. The summed E-state index contributed by atoms with van der Waals surface area (Å²) in [5, 5.41) is 2.80. The highest BCUT2D eigenvalue weighted by Crippen LogP contribution is 2.30. The van der Waals surface area contributed by atoms with Gasteiger partial charge in [0.05, 0.1) is 32.1 Å². The number of nitrogens with one attached hydrogen (secondary N) is 2. The Morgan fingerprint density at radius 1 is 1.16 bits per heavy atom. The number of hydrogen-bond donors (Lipinski definition) is 2. The van der Waals surface area contributed by atoms with Crippen LogP contribution >= 0.6 is 0 Å². The first-order valence-electron chi connectivity index (χ1n) is 7.82. The van der Waals surface area contributed by atoms with E-state index < -0.39 is 5.97 Å². The lowest BCUT2D eigenvalue weighted by Crippen LogP contribution is -2.15. The summed E-state index contributed by atoms with van der Waals surface area (Å²) in [5.74, 6) is 0.270. The van der Waals surface area contributed by atoms with Crippen molar-refractivity contribution in [2.24, 2.45) is 0 Å². The number of H-pyrrole nitrogens is 1. The second-order valence-corrected chi connectivity index (χ2v) is 5.37. The fraction of sp³-hybridized carbons (Fsp3) is 0.333. The molecule has 1 heterocycles. The average Bonchev–Trinajstić information content (AvgIpc) is 2.90. The third-order valence-corrected chi connectivity index (χ3v) is 3.80. The van der Waals surface area contributed by atoms with Crippen molar-refractivity contribution in [1.29, 1.82) is 0 Å². The van der Waals surface area contributed by atoms with Crippen LogP contribution in [0.1, 0.15) is 39.0 Å². The number of hydrogen-bond acceptors (Lipinski definition) is 5. The highest BCUT2D eigenvalue weighted by Gasteiger charge is 2.23. The Hall–Kier alpha value is -2.96. The van der Waals surface area contributed by atoms with Crippen molar-refractivity contribution >= 4 is 17.6 Å². The first-order chi connectivity index (χ1) is 11.9. The number of carbonyl (C=O) groups excluding carboxylic acids is 2. The zero-order valence-electron chi connectivity index (χ0n) is 15.0. The van der Waals surface area contributed by atoms with E-state index in [9.17, 15) is 9.59 Å². The van der Waals surface area contributed by atoms with Gasteiger partial charge in [-0.25, -0.2) is 4.79 Å². The van der Waals surface area contributed by atoms with Gasteiger partial charge in [-0.05, 0) is 38.5 Å². The minimum atomic E-state index is -0.482. The number of aromatic amines is 1. The maximum absolute atomic E-state index is 12.7. The van der Waals surface area contributed by atoms with Crippen LogP contribution in [0.3, 0.4) is 0 Å². The Morgan fingerprint density at radius 2 is 1.88 bits per heavy atom. The smallest absolute Gasteiger partial charge is 0.355 e. The number of aryl methyl sites for hydroxylation is 1. The van der Waals surface area contributed by atoms with Crippen LogP contribution in [-0.4, -0.2) is 37.7 Å². The summed E-state index contributed by atoms with van der Waals surface area (Å²) < 4.78 is 15.4. The Bertz CT molecular complexity index is 795. The first-order valence-corrected chi connectivity index (χ1v) is 7.82. The van der Waals surface area contributed by atoms with Gasteiger partial charge in [-0.3, -0.25) is 4.79 Å². The van der Waals surface area contributed by atoms with Crippen LogP contribution in [0, 0.1) is 13.8 Å². The molecular weight excluding hydrogens is 324 g/mol. The summed E-state index contributed by atoms with van der Waals surface area (Å²) in [6, 6.07) is 5.09. The summed E-state index contributed by atoms with van der Waals surface area (Å²) in [6.45, 7) is 5.43. The van der Waals surface area contributed by atoms with Crippen LogP contribution in [0.15, 0.2) is 18.2 Å². The van der Waals surface area contributed by atoms with Gasteiger partial charge in [0, 0.05) is 11.8 Å². The molecule has 7 heteroatoms. The van der Waals surface area contributed by atoms with Crippen LogP contribution in [0.5, 0.6) is 11.5 Å². The highest BCUT2D eigenvalue weighted by atomic mass is 16.5. The number of ether oxygens (including phenoxy) is 3. The fourth-order valence-electron chi connectivity index (χ4n) is 2.58. The van der Waals surface area contributed by atoms with Crippen molar-refractivity contribution in [3.63, 3.8) is 0 Å². The van der Waals surface area contributed by atoms with E-state index in [1.807, 2.05) is 0 Å². The van der Waals surface area contributed by atoms with Crippen LogP contribution in [0.4, 0.5) is 5.69 Å². The van der Waals surface area contributed by atoms with Crippen LogP contribution in [0.25, 0.3) is 0 Å². The fourth-order valence-corrected chi connectivity index (χ4v) is 2.58. The van der Waals surface area contributed by atoms with Crippen molar-refractivity contribution in [3.05, 3.63) is 40.7 Å². The molecule has 2 N–H and O–H groups in total. The molecule has 7 nitrogen and oxygen atoms in total. The Balaban J connectivity index is 2.32. The molecule has 0 unspecified atom stereocenters. The predicted molar refractivity (Wildman–Crippen MR) is 93.7 cm³/mol. The molecule has 0 bridgehead atoms. The number of amides is 1. The van der Waals surface area contributed by atoms with E-state index in [0.29, 0.717) is 34.0 Å². The van der Waals surface area contributed by atoms with Crippen molar-refractivity contribution in [1.82, 2.24) is 4.98 Å². The molecule has 1 aromatic heterocycles. The molecule has 25 heavy (non-hydrogen) atoms. The predicted octanol–water partition coefficient (Wildman–Crippen LogP) is 3.08. The second kappa shape index (κ2) is 7.74. The molecule has 1 amide bonds. The number of methoxy groups -OCH3 is 2. The quantitative estimate of drug-likeness (QED) is 0.785. The van der Waals surface area contributed by atoms with E-state index in [2.05, 4.69) is 10.3 Å². The average molecular weight is 346 g/mol. The van der Waals surface area contributed by atoms with E-state index in [1.165, 1.54) is 7.11 Å². The maximum Gasteiger partial charge on any atom is 0.355 e. The molecule has 0 aliphatic carbocycles. The molecule has 0 atom stereocenters. The minimum absolute atomic E-state index is 0.265. The van der Waals surface area contributed by atoms with Gasteiger partial charge in [-0.1, -0.05) is 0 Å². The number of anilines is 1. The third-order valence-electron chi connectivity index (χ3n) is 3.80. The maximum atomic E-state index is 12.7. The third kappa shape index (κ3) is 3.76. The molecule has 0 saturated carbocycles. The van der Waals surface area contributed by atoms with Crippen LogP contribution < -0.4 is 14.8 Å². The first kappa shape index (κ1) is 18.4. The molecule has 0 radical (unpaired) electrons. The largest absolute Gasteiger partial charge is 0.497 e. The SMILES string of the molecule is CCOC(=O)c1[nH]c(C)c(C(=O)Nc2ccc(OC)cc2OC)c1C. The highest BCUT2D eigenvalue weighted by molar-refractivity contribution is 6.08. The molecule has 0 aliphatic heterocycles. The zero-order chi connectivity index (χ0) is 18.6. The molecule has 0 saturated heterocycles. The monoisotopic (exact) mass is 346 g/mol. The summed E-state index contributed by atoms with van der Waals surface area (Å²) in [5.41, 5.74) is 2.32. The topological polar surface area (TPSA) is 89.7 Å². The summed E-state index contributed by atoms with van der Waals surface area (Å²) in [7, 11) is 3.06. The van der Waals surface area contributed by atoms with Crippen molar-refractivity contribution in [2.45, 2.75) is 20.8 Å². The number of benzene rings is 1. The Kier molecular flexibility index (Phi) is 5.69. The van der Waals surface area contributed by atoms with Crippen molar-refractivity contribution in [3.8, 4) is 11.5 Å². The van der Waals surface area contributed by atoms with E-state index in [-0.39, 0.29) is 18.2 Å². The molecular formula is C18H22N2O5. The van der Waals surface area contributed by atoms with Gasteiger partial charge in [-0.2, -0.15) is 0 Å². The number of aromatic nitrogens is 1. The van der Waals surface area contributed by atoms with Gasteiger partial charge in [0.2, 0.25) is 0 Å². The van der Waals surface area contributed by atoms with E-state index in [1.54, 1.807) is 46.1 Å². The van der Waals surface area contributed by atoms with E-state index in [4.69, 9.17) is 14.2 Å². The number of esters is 1. The lowest BCUT2D eigenvalue weighted by atomic mass is 10.1. The molecule has 0 fully saturated rings. The van der Waals surface area contributed by atoms with Crippen molar-refractivity contribution < 1.29 is 23.8 Å². The second-order valence-electron chi connectivity index (χ2n) is 5.37. The van der Waals surface area contributed by atoms with E-state index in [0.717, 1.165) is 0 Å². The Labute approximate surface area is 146 Å². The van der Waals surface area contributed by atoms with Crippen LogP contribution in [-0.2, 0) is 4.74 Å². The summed E-state index contributed by atoms with van der Waals surface area (Å²) in [6.07, 6.45) is 0. The molecule has 134 valence electrons. The molecule has 0 spiro atoms. The van der Waals surface area contributed by atoms with E-state index >= 15 is 0 Å². The van der Waals surface area contributed by atoms with Gasteiger partial charge in [0.25, 0.3) is 5.91 Å². The molecule has 1 aromatic carbocycles. The molecule has 2 rings (SSSR count). The van der Waals surface area contributed by atoms with Crippen LogP contribution in [0.2, 0.25) is 0 Å². The number of rotatable bonds is 6. The van der Waals surface area contributed by atoms with Crippen molar-refractivity contribution in [2.75, 3.05) is 26.1 Å². The summed E-state index contributed by atoms with van der Waals surface area (Å²) >= 11 is 0.